The summed E-state index contributed by atoms with van der Waals surface area (Å²) >= 11 is 0. The Balaban J connectivity index is 1.80. The zero-order chi connectivity index (χ0) is 20.0. The Morgan fingerprint density at radius 1 is 1.19 bits per heavy atom. The van der Waals surface area contributed by atoms with E-state index in [4.69, 9.17) is 4.74 Å². The fourth-order valence-corrected chi connectivity index (χ4v) is 2.80. The lowest BCUT2D eigenvalue weighted by atomic mass is 10.1. The first-order valence-corrected chi connectivity index (χ1v) is 9.18. The lowest BCUT2D eigenvalue weighted by Gasteiger charge is -2.19. The molecule has 3 N–H and O–H groups in total. The standard InChI is InChI=1S/C20H29N3O4/c1-14-12-18(25)23(17-13-15(24)6-7-16(14)17)11-10-21-8-5-9-22-19(26)27-20(2,3)4/h6-7,12-13,21,24H,5,8-11H2,1-4H3,(H,22,26). The molecule has 0 saturated heterocycles. The van der Waals surface area contributed by atoms with E-state index in [0.29, 0.717) is 26.2 Å². The number of nitrogens with one attached hydrogen (secondary N) is 2. The van der Waals surface area contributed by atoms with Gasteiger partial charge in [0, 0.05) is 37.2 Å². The molecule has 0 saturated carbocycles. The van der Waals surface area contributed by atoms with Gasteiger partial charge in [0.25, 0.3) is 5.56 Å². The first-order valence-electron chi connectivity index (χ1n) is 9.18. The van der Waals surface area contributed by atoms with Crippen LogP contribution in [0.2, 0.25) is 0 Å². The van der Waals surface area contributed by atoms with Gasteiger partial charge in [0.05, 0.1) is 5.52 Å². The predicted molar refractivity (Wildman–Crippen MR) is 106 cm³/mol. The van der Waals surface area contributed by atoms with Crippen molar-refractivity contribution in [2.24, 2.45) is 0 Å². The van der Waals surface area contributed by atoms with Crippen molar-refractivity contribution in [1.82, 2.24) is 15.2 Å². The highest BCUT2D eigenvalue weighted by atomic mass is 16.6. The van der Waals surface area contributed by atoms with Gasteiger partial charge in [-0.15, -0.1) is 0 Å². The number of pyridine rings is 1. The number of alkyl carbamates (subject to hydrolysis) is 1. The molecule has 0 unspecified atom stereocenters. The Kier molecular flexibility index (Phi) is 6.85. The number of phenols is 1. The van der Waals surface area contributed by atoms with Crippen LogP contribution in [0, 0.1) is 6.92 Å². The molecule has 0 atom stereocenters. The molecule has 1 amide bonds. The molecule has 0 aliphatic heterocycles. The van der Waals surface area contributed by atoms with Crippen LogP contribution in [-0.2, 0) is 11.3 Å². The molecule has 1 aromatic carbocycles. The molecule has 1 heterocycles. The Hall–Kier alpha value is -2.54. The number of hydrogen-bond donors (Lipinski definition) is 3. The molecule has 7 heteroatoms. The van der Waals surface area contributed by atoms with Crippen LogP contribution in [-0.4, -0.2) is 41.0 Å². The highest BCUT2D eigenvalue weighted by Crippen LogP contribution is 2.21. The molecular weight excluding hydrogens is 346 g/mol. The SMILES string of the molecule is Cc1cc(=O)n(CCNCCCNC(=O)OC(C)(C)C)c2cc(O)ccc12. The van der Waals surface area contributed by atoms with Crippen molar-refractivity contribution in [3.8, 4) is 5.75 Å². The summed E-state index contributed by atoms with van der Waals surface area (Å²) in [4.78, 5) is 23.8. The van der Waals surface area contributed by atoms with Crippen LogP contribution in [0.3, 0.4) is 0 Å². The molecule has 0 fully saturated rings. The fourth-order valence-electron chi connectivity index (χ4n) is 2.80. The molecule has 0 aliphatic rings. The maximum Gasteiger partial charge on any atom is 0.407 e. The normalized spacial score (nSPS) is 11.6. The first-order chi connectivity index (χ1) is 12.7. The van der Waals surface area contributed by atoms with Crippen LogP contribution < -0.4 is 16.2 Å². The largest absolute Gasteiger partial charge is 0.508 e. The van der Waals surface area contributed by atoms with Crippen molar-refractivity contribution in [1.29, 1.82) is 0 Å². The van der Waals surface area contributed by atoms with Crippen molar-refractivity contribution in [2.75, 3.05) is 19.6 Å². The van der Waals surface area contributed by atoms with Gasteiger partial charge in [-0.2, -0.15) is 0 Å². The van der Waals surface area contributed by atoms with Gasteiger partial charge in [-0.3, -0.25) is 4.79 Å². The second-order valence-electron chi connectivity index (χ2n) is 7.55. The lowest BCUT2D eigenvalue weighted by molar-refractivity contribution is 0.0527. The summed E-state index contributed by atoms with van der Waals surface area (Å²) in [6, 6.07) is 6.68. The van der Waals surface area contributed by atoms with E-state index in [2.05, 4.69) is 10.6 Å². The average molecular weight is 375 g/mol. The Morgan fingerprint density at radius 2 is 1.93 bits per heavy atom. The Labute approximate surface area is 159 Å². The number of rotatable bonds is 7. The van der Waals surface area contributed by atoms with Crippen LogP contribution in [0.4, 0.5) is 4.79 Å². The van der Waals surface area contributed by atoms with E-state index in [1.54, 1.807) is 22.8 Å². The fraction of sp³-hybridized carbons (Fsp3) is 0.500. The summed E-state index contributed by atoms with van der Waals surface area (Å²) in [7, 11) is 0. The summed E-state index contributed by atoms with van der Waals surface area (Å²) in [5, 5.41) is 16.7. The van der Waals surface area contributed by atoms with Gasteiger partial charge in [0.2, 0.25) is 0 Å². The van der Waals surface area contributed by atoms with Crippen LogP contribution in [0.5, 0.6) is 5.75 Å². The average Bonchev–Trinajstić information content (AvgIpc) is 2.54. The van der Waals surface area contributed by atoms with E-state index in [1.165, 1.54) is 0 Å². The second-order valence-corrected chi connectivity index (χ2v) is 7.55. The van der Waals surface area contributed by atoms with Gasteiger partial charge in [-0.05, 0) is 58.4 Å². The molecule has 1 aromatic heterocycles. The number of carbonyl (C=O) groups excluding carboxylic acids is 1. The van der Waals surface area contributed by atoms with Crippen molar-refractivity contribution in [2.45, 2.75) is 46.3 Å². The summed E-state index contributed by atoms with van der Waals surface area (Å²) in [5.41, 5.74) is 1.04. The van der Waals surface area contributed by atoms with Gasteiger partial charge < -0.3 is 25.0 Å². The van der Waals surface area contributed by atoms with Crippen LogP contribution >= 0.6 is 0 Å². The number of benzene rings is 1. The maximum atomic E-state index is 12.3. The van der Waals surface area contributed by atoms with Crippen LogP contribution in [0.15, 0.2) is 29.1 Å². The first kappa shape index (κ1) is 20.8. The third kappa shape index (κ3) is 6.29. The number of fused-ring (bicyclic) bond motifs is 1. The lowest BCUT2D eigenvalue weighted by Crippen LogP contribution is -2.34. The number of aryl methyl sites for hydroxylation is 1. The van der Waals surface area contributed by atoms with E-state index >= 15 is 0 Å². The minimum absolute atomic E-state index is 0.0843. The zero-order valence-corrected chi connectivity index (χ0v) is 16.5. The quantitative estimate of drug-likeness (QED) is 0.647. The molecule has 2 aromatic rings. The number of carbonyl (C=O) groups is 1. The molecule has 0 bridgehead atoms. The van der Waals surface area contributed by atoms with Gasteiger partial charge >= 0.3 is 6.09 Å². The molecular formula is C20H29N3O4. The number of aromatic nitrogens is 1. The monoisotopic (exact) mass is 375 g/mol. The minimum Gasteiger partial charge on any atom is -0.508 e. The number of phenolic OH excluding ortho intramolecular Hbond substituents is 1. The number of nitrogens with zero attached hydrogens (tertiary/aromatic N) is 1. The van der Waals surface area contributed by atoms with Crippen molar-refractivity contribution >= 4 is 17.0 Å². The van der Waals surface area contributed by atoms with E-state index in [-0.39, 0.29) is 11.3 Å². The van der Waals surface area contributed by atoms with Gasteiger partial charge in [0.1, 0.15) is 11.4 Å². The van der Waals surface area contributed by atoms with E-state index in [1.807, 2.05) is 33.8 Å². The van der Waals surface area contributed by atoms with Crippen LogP contribution in [0.25, 0.3) is 10.9 Å². The minimum atomic E-state index is -0.499. The van der Waals surface area contributed by atoms with Gasteiger partial charge in [0.15, 0.2) is 0 Å². The zero-order valence-electron chi connectivity index (χ0n) is 16.5. The van der Waals surface area contributed by atoms with E-state index in [0.717, 1.165) is 22.9 Å². The van der Waals surface area contributed by atoms with E-state index in [9.17, 15) is 14.7 Å². The molecule has 0 radical (unpaired) electrons. The molecule has 27 heavy (non-hydrogen) atoms. The van der Waals surface area contributed by atoms with Crippen LogP contribution in [0.1, 0.15) is 32.8 Å². The highest BCUT2D eigenvalue weighted by Gasteiger charge is 2.15. The smallest absolute Gasteiger partial charge is 0.407 e. The highest BCUT2D eigenvalue weighted by molar-refractivity contribution is 5.83. The predicted octanol–water partition coefficient (Wildman–Crippen LogP) is 2.52. The number of ether oxygens (including phenoxy) is 1. The molecule has 0 spiro atoms. The van der Waals surface area contributed by atoms with Crippen molar-refractivity contribution in [3.63, 3.8) is 0 Å². The van der Waals surface area contributed by atoms with Crippen molar-refractivity contribution in [3.05, 3.63) is 40.2 Å². The van der Waals surface area contributed by atoms with Gasteiger partial charge in [-0.25, -0.2) is 4.79 Å². The third-order valence-electron chi connectivity index (χ3n) is 4.01. The molecule has 148 valence electrons. The topological polar surface area (TPSA) is 92.6 Å². The number of aromatic hydroxyl groups is 1. The maximum absolute atomic E-state index is 12.3. The molecule has 0 aliphatic carbocycles. The Morgan fingerprint density at radius 3 is 2.63 bits per heavy atom. The summed E-state index contributed by atoms with van der Waals surface area (Å²) in [5.74, 6) is 0.141. The van der Waals surface area contributed by atoms with E-state index < -0.39 is 11.7 Å². The third-order valence-corrected chi connectivity index (χ3v) is 4.01. The number of amides is 1. The molecule has 2 rings (SSSR count). The summed E-state index contributed by atoms with van der Waals surface area (Å²) < 4.78 is 6.83. The second kappa shape index (κ2) is 8.90. The summed E-state index contributed by atoms with van der Waals surface area (Å²) in [6.07, 6.45) is 0.337. The number of hydrogen-bond acceptors (Lipinski definition) is 5. The molecule has 7 nitrogen and oxygen atoms in total. The van der Waals surface area contributed by atoms with Crippen molar-refractivity contribution < 1.29 is 14.6 Å². The Bertz CT molecular complexity index is 853. The van der Waals surface area contributed by atoms with Gasteiger partial charge in [-0.1, -0.05) is 0 Å². The summed E-state index contributed by atoms with van der Waals surface area (Å²) in [6.45, 7) is 9.70.